The van der Waals surface area contributed by atoms with E-state index in [1.165, 1.54) is 0 Å². The van der Waals surface area contributed by atoms with E-state index >= 15 is 0 Å². The number of rotatable bonds is 2. The normalized spacial score (nSPS) is 10.6. The molecule has 7 heteroatoms. The predicted molar refractivity (Wildman–Crippen MR) is 75.1 cm³/mol. The third-order valence-corrected chi connectivity index (χ3v) is 3.51. The molecule has 0 atom stereocenters. The summed E-state index contributed by atoms with van der Waals surface area (Å²) in [7, 11) is 1.69. The van der Waals surface area contributed by atoms with Crippen LogP contribution in [0.2, 0.25) is 0 Å². The maximum absolute atomic E-state index is 13.6. The molecule has 0 saturated heterocycles. The monoisotopic (exact) mass is 392 g/mol. The van der Waals surface area contributed by atoms with E-state index in [0.717, 1.165) is 10.5 Å². The van der Waals surface area contributed by atoms with E-state index in [1.54, 1.807) is 23.9 Å². The van der Waals surface area contributed by atoms with Gasteiger partial charge in [0.2, 0.25) is 0 Å². The molecular formula is C12H8Br2F2N2O. The largest absolute Gasteiger partial charge is 0.345 e. The summed E-state index contributed by atoms with van der Waals surface area (Å²) in [6.45, 7) is 0. The summed E-state index contributed by atoms with van der Waals surface area (Å²) < 4.78 is 29.0. The number of anilines is 1. The maximum atomic E-state index is 13.6. The molecule has 0 aliphatic carbocycles. The Morgan fingerprint density at radius 1 is 1.26 bits per heavy atom. The lowest BCUT2D eigenvalue weighted by Gasteiger charge is -2.09. The Balaban J connectivity index is 2.32. The van der Waals surface area contributed by atoms with Gasteiger partial charge in [-0.3, -0.25) is 4.79 Å². The zero-order valence-electron chi connectivity index (χ0n) is 9.68. The zero-order chi connectivity index (χ0) is 14.2. The van der Waals surface area contributed by atoms with Crippen molar-refractivity contribution in [1.82, 2.24) is 4.57 Å². The van der Waals surface area contributed by atoms with E-state index in [-0.39, 0.29) is 10.2 Å². The molecule has 0 bridgehead atoms. The van der Waals surface area contributed by atoms with E-state index < -0.39 is 17.5 Å². The smallest absolute Gasteiger partial charge is 0.272 e. The summed E-state index contributed by atoms with van der Waals surface area (Å²) in [5.74, 6) is -2.04. The molecule has 1 aromatic heterocycles. The van der Waals surface area contributed by atoms with Crippen molar-refractivity contribution in [3.8, 4) is 0 Å². The van der Waals surface area contributed by atoms with Crippen molar-refractivity contribution in [1.29, 1.82) is 0 Å². The maximum Gasteiger partial charge on any atom is 0.272 e. The molecular weight excluding hydrogens is 386 g/mol. The topological polar surface area (TPSA) is 34.0 Å². The van der Waals surface area contributed by atoms with Gasteiger partial charge in [-0.05, 0) is 44.0 Å². The highest BCUT2D eigenvalue weighted by atomic mass is 79.9. The van der Waals surface area contributed by atoms with Crippen LogP contribution in [0, 0.1) is 11.6 Å². The van der Waals surface area contributed by atoms with Crippen molar-refractivity contribution >= 4 is 43.5 Å². The lowest BCUT2D eigenvalue weighted by Crippen LogP contribution is -2.16. The molecule has 100 valence electrons. The molecule has 1 heterocycles. The molecule has 0 fully saturated rings. The lowest BCUT2D eigenvalue weighted by molar-refractivity contribution is 0.101. The van der Waals surface area contributed by atoms with Crippen LogP contribution >= 0.6 is 31.9 Å². The van der Waals surface area contributed by atoms with Crippen LogP contribution < -0.4 is 5.32 Å². The highest BCUT2D eigenvalue weighted by Crippen LogP contribution is 2.27. The number of amides is 1. The number of halogens is 4. The van der Waals surface area contributed by atoms with Crippen LogP contribution in [0.25, 0.3) is 0 Å². The van der Waals surface area contributed by atoms with Crippen LogP contribution in [-0.4, -0.2) is 10.5 Å². The molecule has 1 N–H and O–H groups in total. The van der Waals surface area contributed by atoms with Gasteiger partial charge in [0.1, 0.15) is 11.5 Å². The minimum Gasteiger partial charge on any atom is -0.345 e. The highest BCUT2D eigenvalue weighted by molar-refractivity contribution is 9.10. The molecule has 0 spiro atoms. The Hall–Kier alpha value is -1.21. The van der Waals surface area contributed by atoms with Gasteiger partial charge >= 0.3 is 0 Å². The first-order valence-electron chi connectivity index (χ1n) is 5.16. The molecule has 0 aliphatic rings. The molecule has 2 rings (SSSR count). The van der Waals surface area contributed by atoms with Crippen LogP contribution in [0.5, 0.6) is 0 Å². The number of aromatic nitrogens is 1. The van der Waals surface area contributed by atoms with Gasteiger partial charge in [0.15, 0.2) is 5.82 Å². The van der Waals surface area contributed by atoms with Crippen LogP contribution in [0.15, 0.2) is 33.3 Å². The Morgan fingerprint density at radius 3 is 2.47 bits per heavy atom. The standard InChI is InChI=1S/C12H8Br2F2N2O/c1-18-5-6(13)2-10(18)12(19)17-11-8(14)3-7(15)4-9(11)16/h2-5H,1H3,(H,17,19). The van der Waals surface area contributed by atoms with Crippen molar-refractivity contribution in [3.05, 3.63) is 50.7 Å². The minimum atomic E-state index is -0.839. The van der Waals surface area contributed by atoms with Gasteiger partial charge in [0, 0.05) is 28.3 Å². The third-order valence-electron chi connectivity index (χ3n) is 2.45. The van der Waals surface area contributed by atoms with Gasteiger partial charge in [-0.15, -0.1) is 0 Å². The van der Waals surface area contributed by atoms with E-state index in [4.69, 9.17) is 0 Å². The first kappa shape index (κ1) is 14.2. The fourth-order valence-corrected chi connectivity index (χ4v) is 2.62. The average Bonchev–Trinajstić information content (AvgIpc) is 2.62. The van der Waals surface area contributed by atoms with Crippen LogP contribution in [0.3, 0.4) is 0 Å². The van der Waals surface area contributed by atoms with Crippen molar-refractivity contribution in [2.45, 2.75) is 0 Å². The Morgan fingerprint density at radius 2 is 1.95 bits per heavy atom. The second kappa shape index (κ2) is 5.42. The van der Waals surface area contributed by atoms with Crippen molar-refractivity contribution in [2.24, 2.45) is 7.05 Å². The van der Waals surface area contributed by atoms with E-state index in [1.807, 2.05) is 0 Å². The third kappa shape index (κ3) is 3.03. The molecule has 1 aromatic carbocycles. The quantitative estimate of drug-likeness (QED) is 0.819. The fraction of sp³-hybridized carbons (Fsp3) is 0.0833. The number of hydrogen-bond acceptors (Lipinski definition) is 1. The summed E-state index contributed by atoms with van der Waals surface area (Å²) in [6.07, 6.45) is 1.70. The van der Waals surface area contributed by atoms with Gasteiger partial charge in [-0.25, -0.2) is 8.78 Å². The Bertz CT molecular complexity index is 632. The molecule has 0 saturated carbocycles. The average molecular weight is 394 g/mol. The molecule has 2 aromatic rings. The summed E-state index contributed by atoms with van der Waals surface area (Å²) >= 11 is 6.25. The van der Waals surface area contributed by atoms with Crippen molar-refractivity contribution in [3.63, 3.8) is 0 Å². The Kier molecular flexibility index (Phi) is 4.05. The number of benzene rings is 1. The molecule has 0 aliphatic heterocycles. The first-order valence-corrected chi connectivity index (χ1v) is 6.75. The van der Waals surface area contributed by atoms with Crippen molar-refractivity contribution in [2.75, 3.05) is 5.32 Å². The number of nitrogens with zero attached hydrogens (tertiary/aromatic N) is 1. The van der Waals surface area contributed by atoms with Gasteiger partial charge in [-0.1, -0.05) is 0 Å². The zero-order valence-corrected chi connectivity index (χ0v) is 12.8. The highest BCUT2D eigenvalue weighted by Gasteiger charge is 2.16. The van der Waals surface area contributed by atoms with Gasteiger partial charge in [-0.2, -0.15) is 0 Å². The van der Waals surface area contributed by atoms with Gasteiger partial charge < -0.3 is 9.88 Å². The first-order chi connectivity index (χ1) is 8.88. The van der Waals surface area contributed by atoms with Crippen LogP contribution in [0.4, 0.5) is 14.5 Å². The molecule has 0 radical (unpaired) electrons. The van der Waals surface area contributed by atoms with Crippen LogP contribution in [0.1, 0.15) is 10.5 Å². The van der Waals surface area contributed by atoms with Gasteiger partial charge in [0.05, 0.1) is 5.69 Å². The SMILES string of the molecule is Cn1cc(Br)cc1C(=O)Nc1c(F)cc(F)cc1Br. The predicted octanol–water partition coefficient (Wildman–Crippen LogP) is 4.08. The summed E-state index contributed by atoms with van der Waals surface area (Å²) in [5.41, 5.74) is 0.256. The number of carbonyl (C=O) groups excluding carboxylic acids is 1. The number of aryl methyl sites for hydroxylation is 1. The second-order valence-corrected chi connectivity index (χ2v) is 5.62. The number of nitrogens with one attached hydrogen (secondary N) is 1. The number of hydrogen-bond donors (Lipinski definition) is 1. The summed E-state index contributed by atoms with van der Waals surface area (Å²) in [6, 6.07) is 3.39. The molecule has 1 amide bonds. The summed E-state index contributed by atoms with van der Waals surface area (Å²) in [5, 5.41) is 2.41. The van der Waals surface area contributed by atoms with Crippen molar-refractivity contribution < 1.29 is 13.6 Å². The number of carbonyl (C=O) groups is 1. The van der Waals surface area contributed by atoms with Crippen LogP contribution in [-0.2, 0) is 7.05 Å². The van der Waals surface area contributed by atoms with Gasteiger partial charge in [0.25, 0.3) is 5.91 Å². The minimum absolute atomic E-state index is 0.0938. The fourth-order valence-electron chi connectivity index (χ4n) is 1.59. The van der Waals surface area contributed by atoms with E-state index in [0.29, 0.717) is 11.8 Å². The molecule has 19 heavy (non-hydrogen) atoms. The Labute approximate surface area is 124 Å². The summed E-state index contributed by atoms with van der Waals surface area (Å²) in [4.78, 5) is 12.0. The van der Waals surface area contributed by atoms with E-state index in [9.17, 15) is 13.6 Å². The van der Waals surface area contributed by atoms with E-state index in [2.05, 4.69) is 37.2 Å². The second-order valence-electron chi connectivity index (χ2n) is 3.85. The molecule has 0 unspecified atom stereocenters. The molecule has 3 nitrogen and oxygen atoms in total. The lowest BCUT2D eigenvalue weighted by atomic mass is 10.3.